The standard InChI is InChI=1S/C23H16N4O3/c1-29-17-8-4-7-16(12-17)27-14-20(18-9-2-3-10-19(18)23(27)28)22-25-21(26-30-22)15-6-5-11-24-13-15/h2-14H,1H3. The van der Waals surface area contributed by atoms with Gasteiger partial charge >= 0.3 is 0 Å². The maximum Gasteiger partial charge on any atom is 0.262 e. The summed E-state index contributed by atoms with van der Waals surface area (Å²) in [6.45, 7) is 0. The van der Waals surface area contributed by atoms with Gasteiger partial charge in [-0.1, -0.05) is 29.4 Å². The van der Waals surface area contributed by atoms with Gasteiger partial charge in [0.25, 0.3) is 11.4 Å². The lowest BCUT2D eigenvalue weighted by molar-refractivity contribution is 0.414. The molecule has 2 aromatic carbocycles. The minimum absolute atomic E-state index is 0.144. The van der Waals surface area contributed by atoms with E-state index >= 15 is 0 Å². The van der Waals surface area contributed by atoms with Gasteiger partial charge in [-0.05, 0) is 30.3 Å². The van der Waals surface area contributed by atoms with Crippen molar-refractivity contribution in [2.24, 2.45) is 0 Å². The zero-order valence-corrected chi connectivity index (χ0v) is 16.0. The summed E-state index contributed by atoms with van der Waals surface area (Å²) >= 11 is 0. The van der Waals surface area contributed by atoms with E-state index in [0.717, 1.165) is 10.9 Å². The normalized spacial score (nSPS) is 11.0. The zero-order valence-electron chi connectivity index (χ0n) is 16.0. The van der Waals surface area contributed by atoms with Crippen LogP contribution in [0, 0.1) is 0 Å². The Hall–Kier alpha value is -4.26. The van der Waals surface area contributed by atoms with Gasteiger partial charge in [0.1, 0.15) is 5.75 Å². The van der Waals surface area contributed by atoms with Gasteiger partial charge in [-0.3, -0.25) is 14.3 Å². The third-order valence-electron chi connectivity index (χ3n) is 4.83. The summed E-state index contributed by atoms with van der Waals surface area (Å²) in [6.07, 6.45) is 5.08. The molecule has 0 saturated carbocycles. The van der Waals surface area contributed by atoms with E-state index < -0.39 is 0 Å². The van der Waals surface area contributed by atoms with E-state index in [1.54, 1.807) is 42.4 Å². The molecule has 0 fully saturated rings. The minimum atomic E-state index is -0.144. The van der Waals surface area contributed by atoms with Crippen molar-refractivity contribution in [3.8, 4) is 34.3 Å². The van der Waals surface area contributed by atoms with Gasteiger partial charge in [-0.15, -0.1) is 0 Å². The summed E-state index contributed by atoms with van der Waals surface area (Å²) in [7, 11) is 1.59. The SMILES string of the molecule is COc1cccc(-n2cc(-c3nc(-c4cccnc4)no3)c3ccccc3c2=O)c1. The number of hydrogen-bond acceptors (Lipinski definition) is 6. The van der Waals surface area contributed by atoms with Crippen LogP contribution in [0.2, 0.25) is 0 Å². The summed E-state index contributed by atoms with van der Waals surface area (Å²) in [5.41, 5.74) is 1.95. The van der Waals surface area contributed by atoms with Crippen molar-refractivity contribution < 1.29 is 9.26 Å². The number of hydrogen-bond donors (Lipinski definition) is 0. The highest BCUT2D eigenvalue weighted by Crippen LogP contribution is 2.28. The Bertz CT molecular complexity index is 1410. The largest absolute Gasteiger partial charge is 0.497 e. The number of rotatable bonds is 4. The van der Waals surface area contributed by atoms with Crippen LogP contribution in [0.25, 0.3) is 39.3 Å². The molecule has 0 bridgehead atoms. The lowest BCUT2D eigenvalue weighted by atomic mass is 10.1. The smallest absolute Gasteiger partial charge is 0.262 e. The number of methoxy groups -OCH3 is 1. The van der Waals surface area contributed by atoms with E-state index in [9.17, 15) is 4.79 Å². The Morgan fingerprint density at radius 2 is 1.87 bits per heavy atom. The third kappa shape index (κ3) is 3.02. The lowest BCUT2D eigenvalue weighted by Crippen LogP contribution is -2.18. The lowest BCUT2D eigenvalue weighted by Gasteiger charge is -2.11. The van der Waals surface area contributed by atoms with Crippen LogP contribution in [-0.4, -0.2) is 26.8 Å². The van der Waals surface area contributed by atoms with Gasteiger partial charge in [-0.2, -0.15) is 4.98 Å². The molecular formula is C23H16N4O3. The van der Waals surface area contributed by atoms with Gasteiger partial charge in [0.05, 0.1) is 18.4 Å². The van der Waals surface area contributed by atoms with E-state index in [0.29, 0.717) is 34.1 Å². The summed E-state index contributed by atoms with van der Waals surface area (Å²) in [5, 5.41) is 5.38. The molecule has 0 atom stereocenters. The molecule has 0 N–H and O–H groups in total. The van der Waals surface area contributed by atoms with Crippen LogP contribution in [0.3, 0.4) is 0 Å². The highest BCUT2D eigenvalue weighted by atomic mass is 16.5. The summed E-state index contributed by atoms with van der Waals surface area (Å²) in [6, 6.07) is 18.3. The predicted octanol–water partition coefficient (Wildman–Crippen LogP) is 4.11. The number of fused-ring (bicyclic) bond motifs is 1. The van der Waals surface area contributed by atoms with E-state index in [1.165, 1.54) is 0 Å². The van der Waals surface area contributed by atoms with E-state index in [2.05, 4.69) is 15.1 Å². The predicted molar refractivity (Wildman–Crippen MR) is 113 cm³/mol. The first-order chi connectivity index (χ1) is 14.7. The minimum Gasteiger partial charge on any atom is -0.497 e. The molecule has 0 aliphatic rings. The van der Waals surface area contributed by atoms with Crippen molar-refractivity contribution in [2.75, 3.05) is 7.11 Å². The van der Waals surface area contributed by atoms with Gasteiger partial charge in [-0.25, -0.2) is 0 Å². The molecule has 30 heavy (non-hydrogen) atoms. The molecule has 0 aliphatic heterocycles. The molecule has 146 valence electrons. The fourth-order valence-corrected chi connectivity index (χ4v) is 3.36. The molecule has 7 nitrogen and oxygen atoms in total. The van der Waals surface area contributed by atoms with E-state index in [4.69, 9.17) is 9.26 Å². The molecule has 0 saturated heterocycles. The summed E-state index contributed by atoms with van der Waals surface area (Å²) in [4.78, 5) is 21.8. The topological polar surface area (TPSA) is 83.0 Å². The van der Waals surface area contributed by atoms with Crippen LogP contribution in [-0.2, 0) is 0 Å². The third-order valence-corrected chi connectivity index (χ3v) is 4.83. The van der Waals surface area contributed by atoms with Crippen molar-refractivity contribution in [3.63, 3.8) is 0 Å². The van der Waals surface area contributed by atoms with Gasteiger partial charge < -0.3 is 9.26 Å². The van der Waals surface area contributed by atoms with Crippen molar-refractivity contribution >= 4 is 10.8 Å². The van der Waals surface area contributed by atoms with Crippen molar-refractivity contribution in [2.45, 2.75) is 0 Å². The first-order valence-corrected chi connectivity index (χ1v) is 9.28. The van der Waals surface area contributed by atoms with Crippen LogP contribution in [0.4, 0.5) is 0 Å². The molecule has 7 heteroatoms. The molecule has 5 rings (SSSR count). The first-order valence-electron chi connectivity index (χ1n) is 9.28. The number of ether oxygens (including phenoxy) is 1. The fraction of sp³-hybridized carbons (Fsp3) is 0.0435. The maximum atomic E-state index is 13.2. The van der Waals surface area contributed by atoms with Crippen LogP contribution in [0.15, 0.2) is 88.6 Å². The molecule has 0 unspecified atom stereocenters. The monoisotopic (exact) mass is 396 g/mol. The second-order valence-electron chi connectivity index (χ2n) is 6.63. The zero-order chi connectivity index (χ0) is 20.5. The fourth-order valence-electron chi connectivity index (χ4n) is 3.36. The van der Waals surface area contributed by atoms with Gasteiger partial charge in [0, 0.05) is 41.0 Å². The molecular weight excluding hydrogens is 380 g/mol. The van der Waals surface area contributed by atoms with Crippen molar-refractivity contribution in [1.82, 2.24) is 19.7 Å². The Morgan fingerprint density at radius 3 is 2.67 bits per heavy atom. The van der Waals surface area contributed by atoms with Crippen LogP contribution in [0.1, 0.15) is 0 Å². The average Bonchev–Trinajstić information content (AvgIpc) is 3.30. The first kappa shape index (κ1) is 17.8. The Morgan fingerprint density at radius 1 is 1.00 bits per heavy atom. The Balaban J connectivity index is 1.73. The number of pyridine rings is 2. The van der Waals surface area contributed by atoms with Gasteiger partial charge in [0.2, 0.25) is 5.82 Å². The number of benzene rings is 2. The Kier molecular flexibility index (Phi) is 4.33. The molecule has 0 amide bonds. The Labute approximate surface area is 171 Å². The quantitative estimate of drug-likeness (QED) is 0.455. The van der Waals surface area contributed by atoms with E-state index in [-0.39, 0.29) is 5.56 Å². The molecule has 3 heterocycles. The highest BCUT2D eigenvalue weighted by molar-refractivity contribution is 5.94. The van der Waals surface area contributed by atoms with Crippen LogP contribution >= 0.6 is 0 Å². The molecule has 5 aromatic rings. The maximum absolute atomic E-state index is 13.2. The highest BCUT2D eigenvalue weighted by Gasteiger charge is 2.17. The summed E-state index contributed by atoms with van der Waals surface area (Å²) < 4.78 is 12.4. The summed E-state index contributed by atoms with van der Waals surface area (Å²) in [5.74, 6) is 1.41. The van der Waals surface area contributed by atoms with Crippen LogP contribution in [0.5, 0.6) is 5.75 Å². The molecule has 0 radical (unpaired) electrons. The van der Waals surface area contributed by atoms with Crippen molar-refractivity contribution in [1.29, 1.82) is 0 Å². The second-order valence-corrected chi connectivity index (χ2v) is 6.63. The molecule has 0 spiro atoms. The molecule has 0 aliphatic carbocycles. The van der Waals surface area contributed by atoms with Crippen molar-refractivity contribution in [3.05, 3.63) is 89.6 Å². The molecule has 3 aromatic heterocycles. The second kappa shape index (κ2) is 7.29. The average molecular weight is 396 g/mol. The number of aromatic nitrogens is 4. The van der Waals surface area contributed by atoms with E-state index in [1.807, 2.05) is 48.5 Å². The number of nitrogens with zero attached hydrogens (tertiary/aromatic N) is 4. The van der Waals surface area contributed by atoms with Crippen LogP contribution < -0.4 is 10.3 Å². The van der Waals surface area contributed by atoms with Gasteiger partial charge in [0.15, 0.2) is 0 Å².